The lowest BCUT2D eigenvalue weighted by molar-refractivity contribution is -0.117. The van der Waals surface area contributed by atoms with Gasteiger partial charge in [0, 0.05) is 11.8 Å². The average molecular weight is 362 g/mol. The molecule has 1 heterocycles. The smallest absolute Gasteiger partial charge is 0.267 e. The number of hydrogen-bond acceptors (Lipinski definition) is 4. The quantitative estimate of drug-likeness (QED) is 0.850. The van der Waals surface area contributed by atoms with Gasteiger partial charge >= 0.3 is 0 Å². The number of methoxy groups -OCH3 is 1. The Bertz CT molecular complexity index is 848. The number of halogens is 1. The number of amides is 1. The van der Waals surface area contributed by atoms with Crippen molar-refractivity contribution >= 4 is 23.2 Å². The first-order chi connectivity index (χ1) is 12.1. The van der Waals surface area contributed by atoms with Crippen molar-refractivity contribution in [1.82, 2.24) is 9.78 Å². The highest BCUT2D eigenvalue weighted by Crippen LogP contribution is 2.27. The number of carbonyl (C=O) groups excluding carboxylic acids is 1. The van der Waals surface area contributed by atoms with Crippen LogP contribution in [0.4, 0.5) is 5.69 Å². The molecule has 0 atom stereocenters. The first-order valence-electron chi connectivity index (χ1n) is 8.30. The summed E-state index contributed by atoms with van der Waals surface area (Å²) in [6.45, 7) is -0.129. The Morgan fingerprint density at radius 3 is 2.84 bits per heavy atom. The number of nitrogens with one attached hydrogen (secondary N) is 1. The minimum absolute atomic E-state index is 0.129. The largest absolute Gasteiger partial charge is 0.495 e. The number of anilines is 1. The van der Waals surface area contributed by atoms with Gasteiger partial charge in [0.25, 0.3) is 5.56 Å². The van der Waals surface area contributed by atoms with Crippen molar-refractivity contribution in [2.75, 3.05) is 12.4 Å². The van der Waals surface area contributed by atoms with Crippen LogP contribution in [0.1, 0.15) is 30.5 Å². The number of carbonyl (C=O) groups is 1. The second kappa shape index (κ2) is 7.70. The van der Waals surface area contributed by atoms with E-state index in [0.717, 1.165) is 43.4 Å². The summed E-state index contributed by atoms with van der Waals surface area (Å²) in [4.78, 5) is 24.5. The number of fused-ring (bicyclic) bond motifs is 1. The summed E-state index contributed by atoms with van der Waals surface area (Å²) >= 11 is 6.05. The van der Waals surface area contributed by atoms with Gasteiger partial charge in [0.15, 0.2) is 0 Å². The highest BCUT2D eigenvalue weighted by Gasteiger charge is 2.14. The molecule has 0 fully saturated rings. The van der Waals surface area contributed by atoms with Crippen LogP contribution >= 0.6 is 11.6 Å². The molecular formula is C18H20ClN3O3. The van der Waals surface area contributed by atoms with Crippen LogP contribution in [-0.2, 0) is 24.2 Å². The SMILES string of the molecule is COc1ccc(NC(=O)Cn2nc3c(cc2=O)CCCCC3)cc1Cl. The molecule has 1 N–H and O–H groups in total. The average Bonchev–Trinajstić information content (AvgIpc) is 2.80. The normalized spacial score (nSPS) is 13.7. The van der Waals surface area contributed by atoms with Gasteiger partial charge in [-0.25, -0.2) is 4.68 Å². The molecule has 1 aliphatic carbocycles. The van der Waals surface area contributed by atoms with Gasteiger partial charge in [-0.05, 0) is 49.4 Å². The predicted molar refractivity (Wildman–Crippen MR) is 96.4 cm³/mol. The van der Waals surface area contributed by atoms with Gasteiger partial charge in [-0.3, -0.25) is 9.59 Å². The van der Waals surface area contributed by atoms with Gasteiger partial charge in [-0.2, -0.15) is 5.10 Å². The third-order valence-electron chi connectivity index (χ3n) is 4.25. The van der Waals surface area contributed by atoms with Crippen molar-refractivity contribution in [1.29, 1.82) is 0 Å². The Morgan fingerprint density at radius 1 is 1.28 bits per heavy atom. The second-order valence-electron chi connectivity index (χ2n) is 6.07. The van der Waals surface area contributed by atoms with Crippen LogP contribution in [0.15, 0.2) is 29.1 Å². The van der Waals surface area contributed by atoms with Crippen LogP contribution in [-0.4, -0.2) is 22.8 Å². The lowest BCUT2D eigenvalue weighted by Gasteiger charge is -2.11. The number of ether oxygens (including phenoxy) is 1. The predicted octanol–water partition coefficient (Wildman–Crippen LogP) is 2.81. The van der Waals surface area contributed by atoms with Gasteiger partial charge in [-0.1, -0.05) is 18.0 Å². The molecule has 0 saturated heterocycles. The summed E-state index contributed by atoms with van der Waals surface area (Å²) in [6.07, 6.45) is 5.02. The van der Waals surface area contributed by atoms with E-state index < -0.39 is 0 Å². The van der Waals surface area contributed by atoms with E-state index in [9.17, 15) is 9.59 Å². The standard InChI is InChI=1S/C18H20ClN3O3/c1-25-16-8-7-13(10-14(16)19)20-17(23)11-22-18(24)9-12-5-3-2-4-6-15(12)21-22/h7-10H,2-6,11H2,1H3,(H,20,23). The van der Waals surface area contributed by atoms with Crippen LogP contribution in [0, 0.1) is 0 Å². The summed E-state index contributed by atoms with van der Waals surface area (Å²) in [6, 6.07) is 6.58. The molecule has 1 aromatic heterocycles. The Kier molecular flexibility index (Phi) is 5.38. The van der Waals surface area contributed by atoms with E-state index >= 15 is 0 Å². The van der Waals surface area contributed by atoms with Crippen molar-refractivity contribution in [2.45, 2.75) is 38.6 Å². The highest BCUT2D eigenvalue weighted by molar-refractivity contribution is 6.32. The zero-order valence-electron chi connectivity index (χ0n) is 14.0. The summed E-state index contributed by atoms with van der Waals surface area (Å²) in [5.41, 5.74) is 2.24. The van der Waals surface area contributed by atoms with Crippen LogP contribution in [0.3, 0.4) is 0 Å². The lowest BCUT2D eigenvalue weighted by atomic mass is 10.1. The number of aromatic nitrogens is 2. The van der Waals surface area contributed by atoms with E-state index in [4.69, 9.17) is 16.3 Å². The Hall–Kier alpha value is -2.34. The fourth-order valence-corrected chi connectivity index (χ4v) is 3.23. The monoisotopic (exact) mass is 361 g/mol. The van der Waals surface area contributed by atoms with Crippen molar-refractivity contribution in [2.24, 2.45) is 0 Å². The molecular weight excluding hydrogens is 342 g/mol. The first-order valence-corrected chi connectivity index (χ1v) is 8.68. The number of benzene rings is 1. The summed E-state index contributed by atoms with van der Waals surface area (Å²) in [7, 11) is 1.52. The molecule has 1 aromatic carbocycles. The maximum Gasteiger partial charge on any atom is 0.267 e. The third-order valence-corrected chi connectivity index (χ3v) is 4.55. The Morgan fingerprint density at radius 2 is 2.08 bits per heavy atom. The van der Waals surface area contributed by atoms with Crippen molar-refractivity contribution in [3.05, 3.63) is 50.9 Å². The number of aryl methyl sites for hydroxylation is 2. The molecule has 0 aliphatic heterocycles. The van der Waals surface area contributed by atoms with Crippen LogP contribution in [0.2, 0.25) is 5.02 Å². The van der Waals surface area contributed by atoms with Crippen LogP contribution < -0.4 is 15.6 Å². The molecule has 0 radical (unpaired) electrons. The third kappa shape index (κ3) is 4.20. The Labute approximate surface area is 150 Å². The number of hydrogen-bond donors (Lipinski definition) is 1. The van der Waals surface area contributed by atoms with Crippen molar-refractivity contribution in [3.8, 4) is 5.75 Å². The van der Waals surface area contributed by atoms with E-state index in [1.165, 1.54) is 11.8 Å². The van der Waals surface area contributed by atoms with Gasteiger partial charge in [-0.15, -0.1) is 0 Å². The molecule has 132 valence electrons. The molecule has 2 aromatic rings. The van der Waals surface area contributed by atoms with Crippen molar-refractivity contribution in [3.63, 3.8) is 0 Å². The molecule has 0 bridgehead atoms. The van der Waals surface area contributed by atoms with Gasteiger partial charge in [0.2, 0.25) is 5.91 Å². The zero-order valence-corrected chi connectivity index (χ0v) is 14.8. The Balaban J connectivity index is 1.73. The van der Waals surface area contributed by atoms with Gasteiger partial charge < -0.3 is 10.1 Å². The fraction of sp³-hybridized carbons (Fsp3) is 0.389. The van der Waals surface area contributed by atoms with Gasteiger partial charge in [0.05, 0.1) is 17.8 Å². The summed E-state index contributed by atoms with van der Waals surface area (Å²) in [5.74, 6) is 0.202. The van der Waals surface area contributed by atoms with Gasteiger partial charge in [0.1, 0.15) is 12.3 Å². The molecule has 25 heavy (non-hydrogen) atoms. The molecule has 0 saturated carbocycles. The molecule has 1 aliphatic rings. The topological polar surface area (TPSA) is 73.2 Å². The van der Waals surface area contributed by atoms with E-state index in [1.54, 1.807) is 24.3 Å². The molecule has 1 amide bonds. The zero-order chi connectivity index (χ0) is 17.8. The molecule has 0 unspecified atom stereocenters. The summed E-state index contributed by atoms with van der Waals surface area (Å²) in [5, 5.41) is 7.52. The maximum atomic E-state index is 12.3. The van der Waals surface area contributed by atoms with E-state index in [-0.39, 0.29) is 18.0 Å². The maximum absolute atomic E-state index is 12.3. The van der Waals surface area contributed by atoms with Crippen molar-refractivity contribution < 1.29 is 9.53 Å². The fourth-order valence-electron chi connectivity index (χ4n) is 2.97. The first kappa shape index (κ1) is 17.5. The number of rotatable bonds is 4. The molecule has 3 rings (SSSR count). The second-order valence-corrected chi connectivity index (χ2v) is 6.48. The molecule has 0 spiro atoms. The van der Waals surface area contributed by atoms with E-state index in [0.29, 0.717) is 16.5 Å². The van der Waals surface area contributed by atoms with E-state index in [2.05, 4.69) is 10.4 Å². The van der Waals surface area contributed by atoms with E-state index in [1.807, 2.05) is 0 Å². The van der Waals surface area contributed by atoms with Crippen LogP contribution in [0.5, 0.6) is 5.75 Å². The number of nitrogens with zero attached hydrogens (tertiary/aromatic N) is 2. The minimum atomic E-state index is -0.329. The molecule has 6 nitrogen and oxygen atoms in total. The van der Waals surface area contributed by atoms with Crippen LogP contribution in [0.25, 0.3) is 0 Å². The summed E-state index contributed by atoms with van der Waals surface area (Å²) < 4.78 is 6.31. The minimum Gasteiger partial charge on any atom is -0.495 e. The lowest BCUT2D eigenvalue weighted by Crippen LogP contribution is -2.30. The highest BCUT2D eigenvalue weighted by atomic mass is 35.5. The molecule has 7 heteroatoms.